The Hall–Kier alpha value is -0.850. The fourth-order valence-corrected chi connectivity index (χ4v) is 4.49. The molecule has 0 aliphatic heterocycles. The average Bonchev–Trinajstić information content (AvgIpc) is 2.81. The summed E-state index contributed by atoms with van der Waals surface area (Å²) in [4.78, 5) is 11.9. The molecule has 6 heteroatoms. The first-order chi connectivity index (χ1) is 9.49. The van der Waals surface area contributed by atoms with Gasteiger partial charge in [-0.15, -0.1) is 0 Å². The smallest absolute Gasteiger partial charge is 0.183 e. The summed E-state index contributed by atoms with van der Waals surface area (Å²) in [5, 5.41) is 0. The lowest BCUT2D eigenvalue weighted by Gasteiger charge is -2.30. The maximum Gasteiger partial charge on any atom is 0.183 e. The van der Waals surface area contributed by atoms with E-state index in [0.29, 0.717) is 22.2 Å². The molecule has 0 bridgehead atoms. The molecule has 0 N–H and O–H groups in total. The molecule has 0 fully saturated rings. The van der Waals surface area contributed by atoms with Gasteiger partial charge in [-0.2, -0.15) is 0 Å². The van der Waals surface area contributed by atoms with Gasteiger partial charge in [0.1, 0.15) is 10.3 Å². The minimum Gasteiger partial charge on any atom is -0.298 e. The van der Waals surface area contributed by atoms with E-state index in [4.69, 9.17) is 0 Å². The van der Waals surface area contributed by atoms with E-state index in [1.807, 2.05) is 12.1 Å². The summed E-state index contributed by atoms with van der Waals surface area (Å²) >= 11 is 1.43. The Balaban J connectivity index is 2.04. The summed E-state index contributed by atoms with van der Waals surface area (Å²) < 4.78 is 13.1. The second kappa shape index (κ2) is 6.74. The monoisotopic (exact) mass is 311 g/mol. The van der Waals surface area contributed by atoms with Crippen LogP contribution in [0.1, 0.15) is 27.7 Å². The van der Waals surface area contributed by atoms with Crippen molar-refractivity contribution < 1.29 is 4.21 Å². The van der Waals surface area contributed by atoms with E-state index >= 15 is 0 Å². The number of hydrogen-bond acceptors (Lipinski definition) is 5. The molecular weight excluding hydrogens is 290 g/mol. The van der Waals surface area contributed by atoms with E-state index in [1.165, 1.54) is 11.3 Å². The van der Waals surface area contributed by atoms with Gasteiger partial charge in [0.2, 0.25) is 0 Å². The molecule has 110 valence electrons. The molecule has 0 aliphatic carbocycles. The maximum absolute atomic E-state index is 12.4. The predicted molar refractivity (Wildman–Crippen MR) is 85.7 cm³/mol. The Kier molecular flexibility index (Phi) is 5.23. The third-order valence-corrected chi connectivity index (χ3v) is 5.82. The lowest BCUT2D eigenvalue weighted by Crippen LogP contribution is -2.39. The van der Waals surface area contributed by atoms with E-state index in [2.05, 4.69) is 42.6 Å². The van der Waals surface area contributed by atoms with Gasteiger partial charge in [-0.05, 0) is 39.8 Å². The van der Waals surface area contributed by atoms with E-state index in [1.54, 1.807) is 6.20 Å². The van der Waals surface area contributed by atoms with Gasteiger partial charge in [0.15, 0.2) is 4.34 Å². The van der Waals surface area contributed by atoms with E-state index in [9.17, 15) is 4.21 Å². The van der Waals surface area contributed by atoms with Crippen LogP contribution in [0.3, 0.4) is 0 Å². The van der Waals surface area contributed by atoms with Crippen molar-refractivity contribution in [3.8, 4) is 0 Å². The van der Waals surface area contributed by atoms with Crippen molar-refractivity contribution in [2.24, 2.45) is 0 Å². The Bertz CT molecular complexity index is 554. The van der Waals surface area contributed by atoms with Crippen LogP contribution >= 0.6 is 11.3 Å². The fourth-order valence-electron chi connectivity index (χ4n) is 2.24. The molecule has 0 saturated heterocycles. The SMILES string of the molecule is CC(C)N(CCS(=O)c1nc2cccnc2s1)C(C)C. The molecule has 20 heavy (non-hydrogen) atoms. The molecule has 0 aromatic carbocycles. The molecule has 0 aliphatic rings. The summed E-state index contributed by atoms with van der Waals surface area (Å²) in [6, 6.07) is 4.69. The van der Waals surface area contributed by atoms with E-state index in [-0.39, 0.29) is 0 Å². The molecule has 2 aromatic rings. The highest BCUT2D eigenvalue weighted by Gasteiger charge is 2.17. The lowest BCUT2D eigenvalue weighted by atomic mass is 10.2. The quantitative estimate of drug-likeness (QED) is 0.823. The minimum atomic E-state index is -1.04. The van der Waals surface area contributed by atoms with Crippen LogP contribution in [-0.4, -0.2) is 43.5 Å². The molecule has 1 unspecified atom stereocenters. The predicted octanol–water partition coefficient (Wildman–Crippen LogP) is 2.92. The third kappa shape index (κ3) is 3.62. The molecule has 1 atom stereocenters. The number of aromatic nitrogens is 2. The average molecular weight is 311 g/mol. The minimum absolute atomic E-state index is 0.462. The first-order valence-electron chi connectivity index (χ1n) is 6.84. The van der Waals surface area contributed by atoms with Crippen molar-refractivity contribution in [1.82, 2.24) is 14.9 Å². The van der Waals surface area contributed by atoms with Gasteiger partial charge in [-0.3, -0.25) is 9.11 Å². The topological polar surface area (TPSA) is 46.1 Å². The molecule has 0 amide bonds. The Labute approximate surface area is 126 Å². The standard InChI is InChI=1S/C14H21N3OS2/c1-10(2)17(11(3)4)8-9-20(18)14-16-12-6-5-7-15-13(12)19-14/h5-7,10-11H,8-9H2,1-4H3. The van der Waals surface area contributed by atoms with Gasteiger partial charge in [-0.25, -0.2) is 9.97 Å². The highest BCUT2D eigenvalue weighted by Crippen LogP contribution is 2.22. The largest absolute Gasteiger partial charge is 0.298 e. The van der Waals surface area contributed by atoms with Crippen LogP contribution in [0.15, 0.2) is 22.7 Å². The molecule has 4 nitrogen and oxygen atoms in total. The van der Waals surface area contributed by atoms with Crippen LogP contribution in [0.25, 0.3) is 10.3 Å². The summed E-state index contributed by atoms with van der Waals surface area (Å²) in [5.41, 5.74) is 0.838. The van der Waals surface area contributed by atoms with Crippen molar-refractivity contribution in [2.75, 3.05) is 12.3 Å². The van der Waals surface area contributed by atoms with Crippen LogP contribution < -0.4 is 0 Å². The zero-order chi connectivity index (χ0) is 14.7. The lowest BCUT2D eigenvalue weighted by molar-refractivity contribution is 0.187. The van der Waals surface area contributed by atoms with Crippen molar-refractivity contribution >= 4 is 32.5 Å². The number of hydrogen-bond donors (Lipinski definition) is 0. The fraction of sp³-hybridized carbons (Fsp3) is 0.571. The van der Waals surface area contributed by atoms with Crippen LogP contribution in [0.5, 0.6) is 0 Å². The molecule has 0 spiro atoms. The van der Waals surface area contributed by atoms with Gasteiger partial charge in [0.25, 0.3) is 0 Å². The van der Waals surface area contributed by atoms with E-state index < -0.39 is 10.8 Å². The molecule has 2 rings (SSSR count). The highest BCUT2D eigenvalue weighted by molar-refractivity contribution is 7.87. The zero-order valence-electron chi connectivity index (χ0n) is 12.4. The van der Waals surface area contributed by atoms with Crippen LogP contribution in [0.2, 0.25) is 0 Å². The first-order valence-corrected chi connectivity index (χ1v) is 8.98. The Morgan fingerprint density at radius 3 is 2.60 bits per heavy atom. The number of fused-ring (bicyclic) bond motifs is 1. The molecule has 0 radical (unpaired) electrons. The number of nitrogens with zero attached hydrogens (tertiary/aromatic N) is 3. The second-order valence-electron chi connectivity index (χ2n) is 5.28. The first kappa shape index (κ1) is 15.5. The third-order valence-electron chi connectivity index (χ3n) is 3.20. The van der Waals surface area contributed by atoms with Crippen LogP contribution in [0, 0.1) is 0 Å². The highest BCUT2D eigenvalue weighted by atomic mass is 32.2. The number of rotatable bonds is 6. The number of pyridine rings is 1. The summed E-state index contributed by atoms with van der Waals surface area (Å²) in [6.45, 7) is 9.51. The zero-order valence-corrected chi connectivity index (χ0v) is 14.0. The van der Waals surface area contributed by atoms with Gasteiger partial charge in [0.05, 0.1) is 10.8 Å². The summed E-state index contributed by atoms with van der Waals surface area (Å²) in [7, 11) is -1.04. The van der Waals surface area contributed by atoms with Crippen molar-refractivity contribution in [2.45, 2.75) is 44.1 Å². The van der Waals surface area contributed by atoms with Gasteiger partial charge < -0.3 is 0 Å². The van der Waals surface area contributed by atoms with Gasteiger partial charge in [-0.1, -0.05) is 11.3 Å². The van der Waals surface area contributed by atoms with Gasteiger partial charge >= 0.3 is 0 Å². The van der Waals surface area contributed by atoms with Crippen molar-refractivity contribution in [3.05, 3.63) is 18.3 Å². The second-order valence-corrected chi connectivity index (χ2v) is 8.00. The summed E-state index contributed by atoms with van der Waals surface area (Å²) in [5.74, 6) is 0.621. The van der Waals surface area contributed by atoms with Crippen molar-refractivity contribution in [1.29, 1.82) is 0 Å². The van der Waals surface area contributed by atoms with E-state index in [0.717, 1.165) is 16.9 Å². The van der Waals surface area contributed by atoms with Crippen LogP contribution in [0.4, 0.5) is 0 Å². The van der Waals surface area contributed by atoms with Crippen molar-refractivity contribution in [3.63, 3.8) is 0 Å². The summed E-state index contributed by atoms with van der Waals surface area (Å²) in [6.07, 6.45) is 1.74. The molecule has 2 aromatic heterocycles. The normalized spacial score (nSPS) is 13.8. The molecule has 2 heterocycles. The number of thiazole rings is 1. The van der Waals surface area contributed by atoms with Gasteiger partial charge in [0, 0.05) is 30.6 Å². The molecular formula is C14H21N3OS2. The molecule has 0 saturated carbocycles. The maximum atomic E-state index is 12.4. The Morgan fingerprint density at radius 1 is 1.30 bits per heavy atom. The Morgan fingerprint density at radius 2 is 2.00 bits per heavy atom. The van der Waals surface area contributed by atoms with Crippen LogP contribution in [-0.2, 0) is 10.8 Å².